The first-order valence-corrected chi connectivity index (χ1v) is 8.99. The highest BCUT2D eigenvalue weighted by Crippen LogP contribution is 2.33. The predicted molar refractivity (Wildman–Crippen MR) is 95.4 cm³/mol. The third kappa shape index (κ3) is 4.62. The van der Waals surface area contributed by atoms with Crippen molar-refractivity contribution >= 4 is 0 Å². The van der Waals surface area contributed by atoms with Gasteiger partial charge in [0.15, 0.2) is 0 Å². The van der Waals surface area contributed by atoms with E-state index < -0.39 is 0 Å². The Morgan fingerprint density at radius 2 is 1.79 bits per heavy atom. The van der Waals surface area contributed by atoms with Crippen molar-refractivity contribution in [3.05, 3.63) is 23.8 Å². The fraction of sp³-hybridized carbons (Fsp3) is 0.632. The first-order chi connectivity index (χ1) is 11.7. The lowest BCUT2D eigenvalue weighted by Gasteiger charge is -2.37. The number of nitrogens with zero attached hydrogens (tertiary/aromatic N) is 3. The van der Waals surface area contributed by atoms with Gasteiger partial charge < -0.3 is 14.4 Å². The lowest BCUT2D eigenvalue weighted by Crippen LogP contribution is -2.47. The van der Waals surface area contributed by atoms with E-state index in [0.717, 1.165) is 49.8 Å². The van der Waals surface area contributed by atoms with Crippen LogP contribution in [0.4, 0.5) is 0 Å². The van der Waals surface area contributed by atoms with E-state index in [9.17, 15) is 5.26 Å². The number of hydrogen-bond acceptors (Lipinski definition) is 5. The molecule has 0 saturated carbocycles. The lowest BCUT2D eigenvalue weighted by molar-refractivity contribution is 0.113. The lowest BCUT2D eigenvalue weighted by atomic mass is 10.0. The smallest absolute Gasteiger partial charge is 0.128 e. The summed E-state index contributed by atoms with van der Waals surface area (Å²) < 4.78 is 11.4. The first-order valence-electron chi connectivity index (χ1n) is 8.99. The van der Waals surface area contributed by atoms with Crippen molar-refractivity contribution in [1.29, 1.82) is 5.26 Å². The molecule has 1 unspecified atom stereocenters. The van der Waals surface area contributed by atoms with E-state index in [1.165, 1.54) is 6.42 Å². The average molecular weight is 331 g/mol. The molecule has 1 atom stereocenters. The van der Waals surface area contributed by atoms with E-state index in [0.29, 0.717) is 13.2 Å². The van der Waals surface area contributed by atoms with Gasteiger partial charge in [0.2, 0.25) is 0 Å². The Morgan fingerprint density at radius 3 is 2.38 bits per heavy atom. The van der Waals surface area contributed by atoms with Crippen molar-refractivity contribution in [1.82, 2.24) is 9.80 Å². The zero-order valence-corrected chi connectivity index (χ0v) is 15.1. The van der Waals surface area contributed by atoms with Crippen LogP contribution in [-0.2, 0) is 0 Å². The summed E-state index contributed by atoms with van der Waals surface area (Å²) in [5.41, 5.74) is 0.937. The monoisotopic (exact) mass is 331 g/mol. The molecule has 0 amide bonds. The largest absolute Gasteiger partial charge is 0.494 e. The van der Waals surface area contributed by atoms with Gasteiger partial charge in [-0.3, -0.25) is 4.90 Å². The first kappa shape index (κ1) is 18.6. The standard InChI is InChI=1S/C19H29N3O2/c1-4-9-21-10-12-22(13-11-21)18(15-20)17-8-7-16(23-5-2)14-19(17)24-6-3/h7-8,14,18H,4-6,9-13H2,1-3H3. The molecule has 0 radical (unpaired) electrons. The summed E-state index contributed by atoms with van der Waals surface area (Å²) in [4.78, 5) is 4.72. The number of ether oxygens (including phenoxy) is 2. The molecule has 5 nitrogen and oxygen atoms in total. The number of rotatable bonds is 8. The molecule has 2 rings (SSSR count). The summed E-state index contributed by atoms with van der Waals surface area (Å²) in [6.07, 6.45) is 1.18. The second-order valence-electron chi connectivity index (χ2n) is 5.97. The summed E-state index contributed by atoms with van der Waals surface area (Å²) in [5, 5.41) is 9.77. The summed E-state index contributed by atoms with van der Waals surface area (Å²) in [5.74, 6) is 1.54. The summed E-state index contributed by atoms with van der Waals surface area (Å²) >= 11 is 0. The molecular weight excluding hydrogens is 302 g/mol. The van der Waals surface area contributed by atoms with Crippen molar-refractivity contribution in [3.63, 3.8) is 0 Å². The average Bonchev–Trinajstić information content (AvgIpc) is 2.59. The van der Waals surface area contributed by atoms with Gasteiger partial charge in [-0.2, -0.15) is 5.26 Å². The summed E-state index contributed by atoms with van der Waals surface area (Å²) in [6, 6.07) is 8.01. The second kappa shape index (κ2) is 9.51. The molecule has 5 heteroatoms. The summed E-state index contributed by atoms with van der Waals surface area (Å²) in [7, 11) is 0. The summed E-state index contributed by atoms with van der Waals surface area (Å²) in [6.45, 7) is 12.3. The van der Waals surface area contributed by atoms with Crippen LogP contribution in [0.5, 0.6) is 11.5 Å². The van der Waals surface area contributed by atoms with Crippen molar-refractivity contribution in [2.24, 2.45) is 0 Å². The number of benzene rings is 1. The minimum atomic E-state index is -0.272. The van der Waals surface area contributed by atoms with E-state index in [1.807, 2.05) is 32.0 Å². The van der Waals surface area contributed by atoms with Crippen molar-refractivity contribution in [2.45, 2.75) is 33.2 Å². The molecule has 1 aliphatic rings. The van der Waals surface area contributed by atoms with Gasteiger partial charge in [0.25, 0.3) is 0 Å². The minimum Gasteiger partial charge on any atom is -0.494 e. The Labute approximate surface area is 145 Å². The Hall–Kier alpha value is -1.77. The van der Waals surface area contributed by atoms with Crippen LogP contribution in [0.25, 0.3) is 0 Å². The van der Waals surface area contributed by atoms with Crippen LogP contribution in [0.1, 0.15) is 38.8 Å². The fourth-order valence-electron chi connectivity index (χ4n) is 3.19. The van der Waals surface area contributed by atoms with Gasteiger partial charge in [0.1, 0.15) is 17.5 Å². The van der Waals surface area contributed by atoms with Gasteiger partial charge in [0.05, 0.1) is 19.3 Å². The van der Waals surface area contributed by atoms with E-state index in [4.69, 9.17) is 9.47 Å². The molecule has 0 spiro atoms. The van der Waals surface area contributed by atoms with Gasteiger partial charge in [-0.15, -0.1) is 0 Å². The van der Waals surface area contributed by atoms with E-state index in [1.54, 1.807) is 0 Å². The topological polar surface area (TPSA) is 48.7 Å². The van der Waals surface area contributed by atoms with Crippen LogP contribution < -0.4 is 9.47 Å². The van der Waals surface area contributed by atoms with E-state index in [2.05, 4.69) is 22.8 Å². The molecule has 1 aromatic carbocycles. The van der Waals surface area contributed by atoms with Gasteiger partial charge in [0, 0.05) is 37.8 Å². The van der Waals surface area contributed by atoms with Crippen LogP contribution in [0.15, 0.2) is 18.2 Å². The normalized spacial score (nSPS) is 17.2. The molecule has 1 heterocycles. The molecule has 1 aliphatic heterocycles. The highest BCUT2D eigenvalue weighted by Gasteiger charge is 2.27. The predicted octanol–water partition coefficient (Wildman–Crippen LogP) is 3.08. The Kier molecular flexibility index (Phi) is 7.36. The molecule has 0 aliphatic carbocycles. The third-order valence-electron chi connectivity index (χ3n) is 4.32. The molecule has 1 fully saturated rings. The van der Waals surface area contributed by atoms with Gasteiger partial charge in [-0.25, -0.2) is 0 Å². The molecule has 0 N–H and O–H groups in total. The molecule has 132 valence electrons. The zero-order chi connectivity index (χ0) is 17.4. The van der Waals surface area contributed by atoms with Crippen LogP contribution in [0.3, 0.4) is 0 Å². The van der Waals surface area contributed by atoms with Crippen molar-refractivity contribution in [3.8, 4) is 17.6 Å². The highest BCUT2D eigenvalue weighted by molar-refractivity contribution is 5.44. The molecule has 0 aromatic heterocycles. The van der Waals surface area contributed by atoms with Crippen molar-refractivity contribution < 1.29 is 9.47 Å². The Morgan fingerprint density at radius 1 is 1.08 bits per heavy atom. The molecule has 1 saturated heterocycles. The van der Waals surface area contributed by atoms with E-state index in [-0.39, 0.29) is 6.04 Å². The Bertz CT molecular complexity index is 548. The molecule has 1 aromatic rings. The SMILES string of the molecule is CCCN1CCN(C(C#N)c2ccc(OCC)cc2OCC)CC1. The minimum absolute atomic E-state index is 0.272. The number of nitriles is 1. The molecule has 24 heavy (non-hydrogen) atoms. The van der Waals surface area contributed by atoms with E-state index >= 15 is 0 Å². The van der Waals surface area contributed by atoms with Crippen LogP contribution in [0, 0.1) is 11.3 Å². The fourth-order valence-corrected chi connectivity index (χ4v) is 3.19. The maximum Gasteiger partial charge on any atom is 0.128 e. The van der Waals surface area contributed by atoms with Crippen LogP contribution in [-0.4, -0.2) is 55.7 Å². The van der Waals surface area contributed by atoms with Crippen LogP contribution >= 0.6 is 0 Å². The number of piperazine rings is 1. The highest BCUT2D eigenvalue weighted by atomic mass is 16.5. The number of hydrogen-bond donors (Lipinski definition) is 0. The second-order valence-corrected chi connectivity index (χ2v) is 5.97. The van der Waals surface area contributed by atoms with Crippen LogP contribution in [0.2, 0.25) is 0 Å². The maximum absolute atomic E-state index is 9.77. The van der Waals surface area contributed by atoms with Gasteiger partial charge in [-0.05, 0) is 38.9 Å². The van der Waals surface area contributed by atoms with Crippen molar-refractivity contribution in [2.75, 3.05) is 45.9 Å². The molecule has 0 bridgehead atoms. The quantitative estimate of drug-likeness (QED) is 0.733. The molecular formula is C19H29N3O2. The third-order valence-corrected chi connectivity index (χ3v) is 4.32. The van der Waals surface area contributed by atoms with Gasteiger partial charge >= 0.3 is 0 Å². The zero-order valence-electron chi connectivity index (χ0n) is 15.1. The maximum atomic E-state index is 9.77. The Balaban J connectivity index is 2.16. The van der Waals surface area contributed by atoms with Gasteiger partial charge in [-0.1, -0.05) is 6.92 Å².